The predicted molar refractivity (Wildman–Crippen MR) is 93.9 cm³/mol. The number of aromatic nitrogens is 2. The van der Waals surface area contributed by atoms with E-state index >= 15 is 0 Å². The van der Waals surface area contributed by atoms with Crippen molar-refractivity contribution in [1.29, 1.82) is 0 Å². The van der Waals surface area contributed by atoms with Crippen LogP contribution in [0, 0.1) is 18.8 Å². The summed E-state index contributed by atoms with van der Waals surface area (Å²) in [6.45, 7) is 4.75. The summed E-state index contributed by atoms with van der Waals surface area (Å²) in [7, 11) is 1.94. The second kappa shape index (κ2) is 6.52. The van der Waals surface area contributed by atoms with Gasteiger partial charge in [0.1, 0.15) is 6.17 Å². The molecule has 0 aliphatic carbocycles. The van der Waals surface area contributed by atoms with Crippen LogP contribution in [0.2, 0.25) is 0 Å². The molecule has 1 aliphatic heterocycles. The van der Waals surface area contributed by atoms with E-state index < -0.39 is 6.17 Å². The molecule has 1 amide bonds. The van der Waals surface area contributed by atoms with Gasteiger partial charge < -0.3 is 14.8 Å². The molecule has 1 saturated heterocycles. The molecule has 5 nitrogen and oxygen atoms in total. The molecule has 1 fully saturated rings. The lowest BCUT2D eigenvalue weighted by atomic mass is 10.1. The van der Waals surface area contributed by atoms with Gasteiger partial charge in [0, 0.05) is 19.3 Å². The number of carbonyl (C=O) groups is 1. The van der Waals surface area contributed by atoms with Crippen LogP contribution < -0.4 is 10.2 Å². The molecule has 1 unspecified atom stereocenters. The summed E-state index contributed by atoms with van der Waals surface area (Å²) in [6, 6.07) is 3.83. The Hall–Kier alpha value is -2.55. The van der Waals surface area contributed by atoms with E-state index in [2.05, 4.69) is 22.1 Å². The molecule has 126 valence electrons. The minimum atomic E-state index is -0.803. The number of amides is 1. The number of nitrogens with one attached hydrogen (secondary N) is 1. The van der Waals surface area contributed by atoms with Gasteiger partial charge in [0.2, 0.25) is 5.95 Å². The van der Waals surface area contributed by atoms with Crippen molar-refractivity contribution in [2.24, 2.45) is 7.05 Å². The third-order valence-electron chi connectivity index (χ3n) is 4.34. The number of benzene rings is 1. The summed E-state index contributed by atoms with van der Waals surface area (Å²) in [5, 5.41) is 2.78. The van der Waals surface area contributed by atoms with Gasteiger partial charge in [-0.1, -0.05) is 5.92 Å². The molecule has 0 spiro atoms. The highest BCUT2D eigenvalue weighted by atomic mass is 19.1. The van der Waals surface area contributed by atoms with Crippen LogP contribution in [-0.2, 0) is 11.8 Å². The summed E-state index contributed by atoms with van der Waals surface area (Å²) in [5.41, 5.74) is 3.37. The Bertz CT molecular complexity index is 846. The van der Waals surface area contributed by atoms with Crippen molar-refractivity contribution in [1.82, 2.24) is 9.55 Å². The van der Waals surface area contributed by atoms with Crippen molar-refractivity contribution < 1.29 is 9.18 Å². The van der Waals surface area contributed by atoms with Crippen LogP contribution in [0.4, 0.5) is 16.0 Å². The third kappa shape index (κ3) is 3.07. The van der Waals surface area contributed by atoms with Gasteiger partial charge in [0.15, 0.2) is 0 Å². The van der Waals surface area contributed by atoms with Crippen molar-refractivity contribution in [3.63, 3.8) is 0 Å². The quantitative estimate of drug-likeness (QED) is 0.863. The molecule has 0 bridgehead atoms. The van der Waals surface area contributed by atoms with Gasteiger partial charge in [-0.05, 0) is 50.3 Å². The van der Waals surface area contributed by atoms with Gasteiger partial charge in [-0.15, -0.1) is 0 Å². The zero-order chi connectivity index (χ0) is 17.3. The lowest BCUT2D eigenvalue weighted by Crippen LogP contribution is -2.37. The highest BCUT2D eigenvalue weighted by molar-refractivity contribution is 6.05. The van der Waals surface area contributed by atoms with Crippen molar-refractivity contribution >= 4 is 28.6 Å². The smallest absolute Gasteiger partial charge is 0.300 e. The monoisotopic (exact) mass is 328 g/mol. The average Bonchev–Trinajstić information content (AvgIpc) is 2.84. The molecule has 1 aromatic carbocycles. The Morgan fingerprint density at radius 1 is 1.46 bits per heavy atom. The molecular weight excluding hydrogens is 307 g/mol. The predicted octanol–water partition coefficient (Wildman–Crippen LogP) is 2.78. The Labute approximate surface area is 140 Å². The zero-order valence-corrected chi connectivity index (χ0v) is 14.2. The number of piperidine rings is 1. The maximum atomic E-state index is 13.7. The van der Waals surface area contributed by atoms with Crippen molar-refractivity contribution in [3.8, 4) is 11.8 Å². The molecule has 6 heteroatoms. The maximum absolute atomic E-state index is 13.7. The van der Waals surface area contributed by atoms with E-state index in [1.165, 1.54) is 0 Å². The second-order valence-electron chi connectivity index (χ2n) is 6.14. The Kier molecular flexibility index (Phi) is 4.43. The Morgan fingerprint density at radius 2 is 2.25 bits per heavy atom. The van der Waals surface area contributed by atoms with E-state index in [0.717, 1.165) is 35.5 Å². The number of nitrogens with zero attached hydrogens (tertiary/aromatic N) is 3. The third-order valence-corrected chi connectivity index (χ3v) is 4.34. The largest absolute Gasteiger partial charge is 0.339 e. The molecule has 0 saturated carbocycles. The van der Waals surface area contributed by atoms with Gasteiger partial charge in [-0.2, -0.15) is 0 Å². The van der Waals surface area contributed by atoms with E-state index in [1.807, 2.05) is 35.6 Å². The number of halogens is 1. The minimum Gasteiger partial charge on any atom is -0.339 e. The van der Waals surface area contributed by atoms with Gasteiger partial charge in [0.25, 0.3) is 5.91 Å². The number of alkyl halides is 1. The van der Waals surface area contributed by atoms with Crippen molar-refractivity contribution in [2.75, 3.05) is 23.3 Å². The molecule has 1 N–H and O–H groups in total. The van der Waals surface area contributed by atoms with E-state index in [9.17, 15) is 9.18 Å². The van der Waals surface area contributed by atoms with E-state index in [4.69, 9.17) is 0 Å². The summed E-state index contributed by atoms with van der Waals surface area (Å²) in [4.78, 5) is 18.3. The first-order chi connectivity index (χ1) is 11.5. The minimum absolute atomic E-state index is 0.340. The number of fused-ring (bicyclic) bond motifs is 1. The fraction of sp³-hybridized carbons (Fsp3) is 0.444. The SMILES string of the molecule is CC#CC(=O)Nc1cc2nc(N3CCCC(F)C3)n(C)c2cc1C. The average molecular weight is 328 g/mol. The molecule has 0 radical (unpaired) electrons. The number of imidazole rings is 1. The number of aryl methyl sites for hydroxylation is 2. The van der Waals surface area contributed by atoms with Crippen LogP contribution in [-0.4, -0.2) is 34.7 Å². The summed E-state index contributed by atoms with van der Waals surface area (Å²) < 4.78 is 15.7. The molecule has 3 rings (SSSR count). The Balaban J connectivity index is 1.98. The maximum Gasteiger partial charge on any atom is 0.300 e. The van der Waals surface area contributed by atoms with E-state index in [1.54, 1.807) is 6.92 Å². The molecular formula is C18H21FN4O. The first-order valence-electron chi connectivity index (χ1n) is 8.09. The lowest BCUT2D eigenvalue weighted by Gasteiger charge is -2.29. The zero-order valence-electron chi connectivity index (χ0n) is 14.2. The van der Waals surface area contributed by atoms with Gasteiger partial charge in [-0.3, -0.25) is 4.79 Å². The lowest BCUT2D eigenvalue weighted by molar-refractivity contribution is -0.111. The van der Waals surface area contributed by atoms with Crippen molar-refractivity contribution in [3.05, 3.63) is 17.7 Å². The van der Waals surface area contributed by atoms with Crippen LogP contribution in [0.5, 0.6) is 0 Å². The normalized spacial score (nSPS) is 17.5. The number of anilines is 2. The highest BCUT2D eigenvalue weighted by Gasteiger charge is 2.23. The van der Waals surface area contributed by atoms with Gasteiger partial charge >= 0.3 is 0 Å². The molecule has 24 heavy (non-hydrogen) atoms. The van der Waals surface area contributed by atoms with Crippen LogP contribution in [0.15, 0.2) is 12.1 Å². The number of carbonyl (C=O) groups excluding carboxylic acids is 1. The molecule has 1 aromatic heterocycles. The van der Waals surface area contributed by atoms with Gasteiger partial charge in [0.05, 0.1) is 17.6 Å². The van der Waals surface area contributed by atoms with Crippen LogP contribution in [0.3, 0.4) is 0 Å². The standard InChI is InChI=1S/C18H21FN4O/c1-4-6-17(24)20-14-10-15-16(9-12(14)2)22(3)18(21-15)23-8-5-7-13(19)11-23/h9-10,13H,5,7-8,11H2,1-3H3,(H,20,24). The molecule has 1 aliphatic rings. The van der Waals surface area contributed by atoms with Crippen molar-refractivity contribution in [2.45, 2.75) is 32.9 Å². The first kappa shape index (κ1) is 16.3. The van der Waals surface area contributed by atoms with Crippen LogP contribution in [0.1, 0.15) is 25.3 Å². The highest BCUT2D eigenvalue weighted by Crippen LogP contribution is 2.28. The topological polar surface area (TPSA) is 50.2 Å². The number of hydrogen-bond acceptors (Lipinski definition) is 3. The summed E-state index contributed by atoms with van der Waals surface area (Å²) >= 11 is 0. The number of rotatable bonds is 2. The fourth-order valence-corrected chi connectivity index (χ4v) is 3.12. The van der Waals surface area contributed by atoms with Crippen LogP contribution in [0.25, 0.3) is 11.0 Å². The van der Waals surface area contributed by atoms with E-state index in [-0.39, 0.29) is 5.91 Å². The van der Waals surface area contributed by atoms with E-state index in [0.29, 0.717) is 18.7 Å². The Morgan fingerprint density at radius 3 is 2.96 bits per heavy atom. The fourth-order valence-electron chi connectivity index (χ4n) is 3.12. The molecule has 2 heterocycles. The number of hydrogen-bond donors (Lipinski definition) is 1. The first-order valence-corrected chi connectivity index (χ1v) is 8.09. The summed E-state index contributed by atoms with van der Waals surface area (Å²) in [6.07, 6.45) is 0.650. The molecule has 1 atom stereocenters. The van der Waals surface area contributed by atoms with Crippen LogP contribution >= 0.6 is 0 Å². The van der Waals surface area contributed by atoms with Gasteiger partial charge in [-0.25, -0.2) is 9.37 Å². The summed E-state index contributed by atoms with van der Waals surface area (Å²) in [5.74, 6) is 5.47. The molecule has 2 aromatic rings. The second-order valence-corrected chi connectivity index (χ2v) is 6.14.